The van der Waals surface area contributed by atoms with E-state index in [1.54, 1.807) is 18.2 Å². The minimum Gasteiger partial charge on any atom is -0.469 e. The number of anilines is 1. The molecule has 1 saturated heterocycles. The van der Waals surface area contributed by atoms with Crippen LogP contribution in [0.2, 0.25) is 5.02 Å². The third-order valence-corrected chi connectivity index (χ3v) is 4.25. The zero-order chi connectivity index (χ0) is 16.8. The second kappa shape index (κ2) is 7.95. The number of amides is 1. The molecular weight excluding hydrogens is 318 g/mol. The van der Waals surface area contributed by atoms with Gasteiger partial charge in [0.1, 0.15) is 6.07 Å². The van der Waals surface area contributed by atoms with Crippen molar-refractivity contribution in [1.82, 2.24) is 0 Å². The van der Waals surface area contributed by atoms with Crippen molar-refractivity contribution in [2.45, 2.75) is 12.8 Å². The van der Waals surface area contributed by atoms with E-state index in [1.165, 1.54) is 7.11 Å². The predicted molar refractivity (Wildman–Crippen MR) is 85.1 cm³/mol. The Kier molecular flexibility index (Phi) is 5.97. The van der Waals surface area contributed by atoms with Crippen LogP contribution in [0.5, 0.6) is 0 Å². The van der Waals surface area contributed by atoms with Crippen molar-refractivity contribution in [2.24, 2.45) is 5.92 Å². The summed E-state index contributed by atoms with van der Waals surface area (Å²) >= 11 is 5.90. The maximum absolute atomic E-state index is 12.2. The predicted octanol–water partition coefficient (Wildman–Crippen LogP) is 0.618. The van der Waals surface area contributed by atoms with Crippen LogP contribution in [0.4, 0.5) is 5.69 Å². The summed E-state index contributed by atoms with van der Waals surface area (Å²) in [7, 11) is 1.40. The van der Waals surface area contributed by atoms with Crippen LogP contribution in [-0.4, -0.2) is 38.6 Å². The number of esters is 1. The maximum Gasteiger partial charge on any atom is 0.309 e. The summed E-state index contributed by atoms with van der Waals surface area (Å²) in [6.45, 7) is 1.78. The Bertz CT molecular complexity index is 634. The number of carbonyl (C=O) groups excluding carboxylic acids is 2. The summed E-state index contributed by atoms with van der Waals surface area (Å²) in [5.41, 5.74) is 0.802. The van der Waals surface area contributed by atoms with Gasteiger partial charge in [-0.2, -0.15) is 5.26 Å². The van der Waals surface area contributed by atoms with Gasteiger partial charge in [-0.05, 0) is 18.2 Å². The average molecular weight is 337 g/mol. The number of piperidine rings is 1. The van der Waals surface area contributed by atoms with Crippen molar-refractivity contribution < 1.29 is 19.2 Å². The largest absolute Gasteiger partial charge is 0.469 e. The molecule has 1 aliphatic heterocycles. The fourth-order valence-electron chi connectivity index (χ4n) is 2.74. The fraction of sp³-hybridized carbons (Fsp3) is 0.438. The minimum absolute atomic E-state index is 0.0649. The number of ether oxygens (including phenoxy) is 1. The smallest absolute Gasteiger partial charge is 0.309 e. The van der Waals surface area contributed by atoms with Gasteiger partial charge in [-0.15, -0.1) is 0 Å². The molecule has 7 heteroatoms. The van der Waals surface area contributed by atoms with Gasteiger partial charge in [-0.25, -0.2) is 0 Å². The van der Waals surface area contributed by atoms with E-state index in [1.807, 2.05) is 6.07 Å². The van der Waals surface area contributed by atoms with Gasteiger partial charge in [-0.1, -0.05) is 11.6 Å². The lowest BCUT2D eigenvalue weighted by atomic mass is 9.97. The van der Waals surface area contributed by atoms with Gasteiger partial charge in [0, 0.05) is 17.9 Å². The molecule has 1 aliphatic rings. The van der Waals surface area contributed by atoms with Crippen molar-refractivity contribution in [2.75, 3.05) is 32.1 Å². The SMILES string of the molecule is COC(=O)C1CC[NH+](CC(=O)Nc2cc(Cl)ccc2C#N)CC1. The second-order valence-corrected chi connectivity index (χ2v) is 6.01. The first-order chi connectivity index (χ1) is 11.0. The molecule has 0 atom stereocenters. The van der Waals surface area contributed by atoms with E-state index in [0.29, 0.717) is 22.8 Å². The van der Waals surface area contributed by atoms with Crippen LogP contribution in [0.15, 0.2) is 18.2 Å². The Balaban J connectivity index is 1.88. The van der Waals surface area contributed by atoms with Crippen LogP contribution < -0.4 is 10.2 Å². The van der Waals surface area contributed by atoms with E-state index < -0.39 is 0 Å². The molecule has 23 heavy (non-hydrogen) atoms. The van der Waals surface area contributed by atoms with Gasteiger partial charge in [0.25, 0.3) is 5.91 Å². The molecule has 1 amide bonds. The zero-order valence-electron chi connectivity index (χ0n) is 12.9. The number of carbonyl (C=O) groups is 2. The number of hydrogen-bond acceptors (Lipinski definition) is 4. The lowest BCUT2D eigenvalue weighted by Gasteiger charge is -2.27. The number of hydrogen-bond donors (Lipinski definition) is 2. The number of halogens is 1. The molecule has 0 aromatic heterocycles. The summed E-state index contributed by atoms with van der Waals surface area (Å²) in [4.78, 5) is 24.8. The van der Waals surface area contributed by atoms with Gasteiger partial charge in [0.2, 0.25) is 0 Å². The monoisotopic (exact) mass is 336 g/mol. The zero-order valence-corrected chi connectivity index (χ0v) is 13.7. The highest BCUT2D eigenvalue weighted by atomic mass is 35.5. The highest BCUT2D eigenvalue weighted by Gasteiger charge is 2.29. The molecule has 6 nitrogen and oxygen atoms in total. The number of methoxy groups -OCH3 is 1. The normalized spacial score (nSPS) is 20.4. The first-order valence-corrected chi connectivity index (χ1v) is 7.82. The average Bonchev–Trinajstić information content (AvgIpc) is 2.55. The van der Waals surface area contributed by atoms with Gasteiger partial charge in [-0.3, -0.25) is 9.59 Å². The van der Waals surface area contributed by atoms with Crippen LogP contribution >= 0.6 is 11.6 Å². The summed E-state index contributed by atoms with van der Waals surface area (Å²) in [6, 6.07) is 6.78. The molecule has 1 fully saturated rings. The summed E-state index contributed by atoms with van der Waals surface area (Å²) in [5.74, 6) is -0.411. The van der Waals surface area contributed by atoms with Crippen molar-refractivity contribution in [3.63, 3.8) is 0 Å². The number of quaternary nitrogens is 1. The van der Waals surface area contributed by atoms with E-state index in [2.05, 4.69) is 5.32 Å². The maximum atomic E-state index is 12.2. The number of nitriles is 1. The van der Waals surface area contributed by atoms with Crippen LogP contribution in [0.3, 0.4) is 0 Å². The second-order valence-electron chi connectivity index (χ2n) is 5.57. The molecule has 122 valence electrons. The van der Waals surface area contributed by atoms with Crippen molar-refractivity contribution in [1.29, 1.82) is 5.26 Å². The first-order valence-electron chi connectivity index (χ1n) is 7.44. The van der Waals surface area contributed by atoms with Crippen molar-refractivity contribution in [3.8, 4) is 6.07 Å². The molecule has 0 unspecified atom stereocenters. The minimum atomic E-state index is -0.175. The van der Waals surface area contributed by atoms with Crippen molar-refractivity contribution >= 4 is 29.2 Å². The molecule has 0 bridgehead atoms. The molecule has 0 aliphatic carbocycles. The molecule has 0 radical (unpaired) electrons. The molecule has 0 saturated carbocycles. The van der Waals surface area contributed by atoms with E-state index in [4.69, 9.17) is 21.6 Å². The molecule has 1 aromatic carbocycles. The standard InChI is InChI=1S/C16H18ClN3O3/c1-23-16(22)11-4-6-20(7-5-11)10-15(21)19-14-8-13(17)3-2-12(14)9-18/h2-3,8,11H,4-7,10H2,1H3,(H,19,21)/p+1. The van der Waals surface area contributed by atoms with Gasteiger partial charge in [0.05, 0.1) is 37.4 Å². The Morgan fingerprint density at radius 2 is 2.13 bits per heavy atom. The van der Waals surface area contributed by atoms with Crippen LogP contribution in [0.25, 0.3) is 0 Å². The highest BCUT2D eigenvalue weighted by molar-refractivity contribution is 6.31. The Morgan fingerprint density at radius 1 is 1.43 bits per heavy atom. The molecule has 1 aromatic rings. The number of nitrogens with one attached hydrogen (secondary N) is 2. The first kappa shape index (κ1) is 17.3. The molecule has 2 N–H and O–H groups in total. The molecular formula is C16H19ClN3O3+. The van der Waals surface area contributed by atoms with E-state index >= 15 is 0 Å². The van der Waals surface area contributed by atoms with Gasteiger partial charge in [0.15, 0.2) is 6.54 Å². The number of nitrogens with zero attached hydrogens (tertiary/aromatic N) is 1. The quantitative estimate of drug-likeness (QED) is 0.789. The summed E-state index contributed by atoms with van der Waals surface area (Å²) in [6.07, 6.45) is 1.44. The molecule has 2 rings (SSSR count). The van der Waals surface area contributed by atoms with E-state index in [-0.39, 0.29) is 17.8 Å². The Hall–Kier alpha value is -2.10. The molecule has 1 heterocycles. The Labute approximate surface area is 140 Å². The third kappa shape index (κ3) is 4.68. The topological polar surface area (TPSA) is 83.6 Å². The summed E-state index contributed by atoms with van der Waals surface area (Å²) in [5, 5.41) is 12.3. The summed E-state index contributed by atoms with van der Waals surface area (Å²) < 4.78 is 4.75. The van der Waals surface area contributed by atoms with Crippen molar-refractivity contribution in [3.05, 3.63) is 28.8 Å². The van der Waals surface area contributed by atoms with Gasteiger partial charge >= 0.3 is 5.97 Å². The lowest BCUT2D eigenvalue weighted by molar-refractivity contribution is -0.897. The third-order valence-electron chi connectivity index (χ3n) is 4.01. The lowest BCUT2D eigenvalue weighted by Crippen LogP contribution is -3.14. The number of benzene rings is 1. The fourth-order valence-corrected chi connectivity index (χ4v) is 2.92. The van der Waals surface area contributed by atoms with Crippen LogP contribution in [0.1, 0.15) is 18.4 Å². The van der Waals surface area contributed by atoms with Crippen LogP contribution in [0, 0.1) is 17.2 Å². The van der Waals surface area contributed by atoms with Crippen LogP contribution in [-0.2, 0) is 14.3 Å². The Morgan fingerprint density at radius 3 is 2.74 bits per heavy atom. The number of likely N-dealkylation sites (tertiary alicyclic amines) is 1. The van der Waals surface area contributed by atoms with E-state index in [0.717, 1.165) is 30.8 Å². The number of rotatable bonds is 4. The van der Waals surface area contributed by atoms with Gasteiger partial charge < -0.3 is 15.0 Å². The molecule has 0 spiro atoms. The van der Waals surface area contributed by atoms with E-state index in [9.17, 15) is 9.59 Å². The highest BCUT2D eigenvalue weighted by Crippen LogP contribution is 2.20.